The van der Waals surface area contributed by atoms with Gasteiger partial charge in [-0.15, -0.1) is 0 Å². The van der Waals surface area contributed by atoms with Crippen molar-refractivity contribution in [1.82, 2.24) is 21.0 Å². The predicted molar refractivity (Wildman–Crippen MR) is 93.3 cm³/mol. The highest BCUT2D eigenvalue weighted by Crippen LogP contribution is 2.24. The van der Waals surface area contributed by atoms with Crippen molar-refractivity contribution < 1.29 is 9.53 Å². The molecule has 0 bridgehead atoms. The third-order valence-electron chi connectivity index (χ3n) is 4.58. The molecule has 2 heterocycles. The molecule has 0 aliphatic carbocycles. The third-order valence-corrected chi connectivity index (χ3v) is 4.58. The summed E-state index contributed by atoms with van der Waals surface area (Å²) in [5.74, 6) is 0.0280. The van der Waals surface area contributed by atoms with Gasteiger partial charge in [0.05, 0.1) is 17.8 Å². The van der Waals surface area contributed by atoms with Gasteiger partial charge < -0.3 is 15.0 Å². The zero-order valence-corrected chi connectivity index (χ0v) is 14.4. The maximum atomic E-state index is 12.4. The van der Waals surface area contributed by atoms with Gasteiger partial charge in [0.15, 0.2) is 0 Å². The lowest BCUT2D eigenvalue weighted by Crippen LogP contribution is -2.66. The number of hydrogen-bond donors (Lipinski definition) is 3. The van der Waals surface area contributed by atoms with Crippen LogP contribution < -0.4 is 21.1 Å². The molecule has 2 fully saturated rings. The van der Waals surface area contributed by atoms with E-state index in [0.29, 0.717) is 6.54 Å². The fourth-order valence-corrected chi connectivity index (χ4v) is 3.36. The summed E-state index contributed by atoms with van der Waals surface area (Å²) in [6, 6.07) is 10.1. The molecule has 3 N–H and O–H groups in total. The van der Waals surface area contributed by atoms with E-state index in [-0.39, 0.29) is 24.2 Å². The highest BCUT2D eigenvalue weighted by Gasteiger charge is 2.44. The van der Waals surface area contributed by atoms with Crippen LogP contribution >= 0.6 is 0 Å². The summed E-state index contributed by atoms with van der Waals surface area (Å²) in [5.41, 5.74) is 4.41. The number of anilines is 1. The maximum Gasteiger partial charge on any atom is 0.229 e. The highest BCUT2D eigenvalue weighted by atomic mass is 16.5. The Balaban J connectivity index is 1.61. The van der Waals surface area contributed by atoms with E-state index in [0.717, 1.165) is 31.8 Å². The summed E-state index contributed by atoms with van der Waals surface area (Å²) in [7, 11) is 3.78. The Labute approximate surface area is 143 Å². The van der Waals surface area contributed by atoms with Gasteiger partial charge in [0.1, 0.15) is 6.17 Å². The van der Waals surface area contributed by atoms with Gasteiger partial charge >= 0.3 is 0 Å². The summed E-state index contributed by atoms with van der Waals surface area (Å²) in [6.07, 6.45) is 0.896. The van der Waals surface area contributed by atoms with E-state index in [1.165, 1.54) is 0 Å². The molecule has 2 saturated heterocycles. The van der Waals surface area contributed by atoms with Gasteiger partial charge in [-0.2, -0.15) is 0 Å². The van der Waals surface area contributed by atoms with Crippen molar-refractivity contribution in [3.63, 3.8) is 0 Å². The molecular weight excluding hydrogens is 306 g/mol. The number of ether oxygens (including phenoxy) is 1. The van der Waals surface area contributed by atoms with E-state index < -0.39 is 0 Å². The van der Waals surface area contributed by atoms with Crippen LogP contribution in [0, 0.1) is 5.92 Å². The number of nitrogens with zero attached hydrogens (tertiary/aromatic N) is 2. The number of hydrazine groups is 1. The average molecular weight is 333 g/mol. The van der Waals surface area contributed by atoms with E-state index >= 15 is 0 Å². The monoisotopic (exact) mass is 333 g/mol. The summed E-state index contributed by atoms with van der Waals surface area (Å²) < 4.78 is 5.09. The molecule has 1 aromatic carbocycles. The van der Waals surface area contributed by atoms with Crippen LogP contribution in [0.3, 0.4) is 0 Å². The minimum atomic E-state index is -0.0831. The second-order valence-electron chi connectivity index (χ2n) is 6.46. The SMILES string of the molecule is COCCCN(C)CC1NC(=O)C2CNN(c3ccccc3)C2N1. The number of likely N-dealkylation sites (N-methyl/N-ethyl adjacent to an activating group) is 1. The second kappa shape index (κ2) is 7.94. The topological polar surface area (TPSA) is 68.9 Å². The van der Waals surface area contributed by atoms with Crippen molar-refractivity contribution >= 4 is 11.6 Å². The molecule has 7 heteroatoms. The number of carbonyl (C=O) groups excluding carboxylic acids is 1. The fraction of sp³-hybridized carbons (Fsp3) is 0.588. The number of amides is 1. The second-order valence-corrected chi connectivity index (χ2v) is 6.46. The predicted octanol–water partition coefficient (Wildman–Crippen LogP) is -0.0327. The van der Waals surface area contributed by atoms with Crippen LogP contribution in [-0.4, -0.2) is 63.5 Å². The molecule has 0 saturated carbocycles. The molecule has 132 valence electrons. The molecule has 1 amide bonds. The first-order valence-electron chi connectivity index (χ1n) is 8.50. The van der Waals surface area contributed by atoms with Crippen LogP contribution in [0.2, 0.25) is 0 Å². The normalized spacial score (nSPS) is 26.5. The number of fused-ring (bicyclic) bond motifs is 1. The first kappa shape index (κ1) is 17.2. The minimum Gasteiger partial charge on any atom is -0.385 e. The van der Waals surface area contributed by atoms with Crippen LogP contribution in [0.25, 0.3) is 0 Å². The number of methoxy groups -OCH3 is 1. The summed E-state index contributed by atoms with van der Waals surface area (Å²) in [6.45, 7) is 3.11. The van der Waals surface area contributed by atoms with Crippen LogP contribution in [0.4, 0.5) is 5.69 Å². The minimum absolute atomic E-state index is 0.0291. The molecule has 7 nitrogen and oxygen atoms in total. The summed E-state index contributed by atoms with van der Waals surface area (Å²) in [5, 5.41) is 8.74. The number of benzene rings is 1. The van der Waals surface area contributed by atoms with Gasteiger partial charge in [-0.1, -0.05) is 18.2 Å². The molecular formula is C17H27N5O2. The van der Waals surface area contributed by atoms with Crippen LogP contribution in [-0.2, 0) is 9.53 Å². The fourth-order valence-electron chi connectivity index (χ4n) is 3.36. The van der Waals surface area contributed by atoms with Crippen molar-refractivity contribution in [3.8, 4) is 0 Å². The van der Waals surface area contributed by atoms with Crippen LogP contribution in [0.1, 0.15) is 6.42 Å². The first-order valence-corrected chi connectivity index (χ1v) is 8.50. The zero-order valence-electron chi connectivity index (χ0n) is 14.4. The van der Waals surface area contributed by atoms with E-state index in [1.54, 1.807) is 7.11 Å². The lowest BCUT2D eigenvalue weighted by molar-refractivity contribution is -0.128. The Hall–Kier alpha value is -1.67. The average Bonchev–Trinajstić information content (AvgIpc) is 3.00. The Morgan fingerprint density at radius 3 is 2.88 bits per heavy atom. The van der Waals surface area contributed by atoms with Crippen molar-refractivity contribution in [2.24, 2.45) is 5.92 Å². The summed E-state index contributed by atoms with van der Waals surface area (Å²) in [4.78, 5) is 14.7. The molecule has 2 aliphatic rings. The lowest BCUT2D eigenvalue weighted by Gasteiger charge is -2.38. The van der Waals surface area contributed by atoms with E-state index in [1.807, 2.05) is 18.2 Å². The van der Waals surface area contributed by atoms with Gasteiger partial charge in [0.25, 0.3) is 0 Å². The largest absolute Gasteiger partial charge is 0.385 e. The molecule has 3 rings (SSSR count). The number of hydrogen-bond acceptors (Lipinski definition) is 6. The molecule has 0 radical (unpaired) electrons. The lowest BCUT2D eigenvalue weighted by atomic mass is 10.0. The van der Waals surface area contributed by atoms with Gasteiger partial charge in [-0.05, 0) is 25.6 Å². The van der Waals surface area contributed by atoms with Gasteiger partial charge in [-0.3, -0.25) is 15.1 Å². The van der Waals surface area contributed by atoms with Crippen molar-refractivity contribution in [2.45, 2.75) is 18.8 Å². The number of carbonyl (C=O) groups is 1. The standard InChI is InChI=1S/C17H27N5O2/c1-21(9-6-10-24-2)12-15-19-16-14(17(23)20-15)11-18-22(16)13-7-4-3-5-8-13/h3-5,7-8,14-16,18-19H,6,9-12H2,1-2H3,(H,20,23). The Morgan fingerprint density at radius 1 is 1.33 bits per heavy atom. The molecule has 3 unspecified atom stereocenters. The van der Waals surface area contributed by atoms with Crippen molar-refractivity contribution in [1.29, 1.82) is 0 Å². The van der Waals surface area contributed by atoms with E-state index in [9.17, 15) is 4.79 Å². The molecule has 0 aromatic heterocycles. The highest BCUT2D eigenvalue weighted by molar-refractivity contribution is 5.82. The van der Waals surface area contributed by atoms with Crippen molar-refractivity contribution in [3.05, 3.63) is 30.3 Å². The Kier molecular flexibility index (Phi) is 5.68. The van der Waals surface area contributed by atoms with Crippen molar-refractivity contribution in [2.75, 3.05) is 45.4 Å². The number of rotatable bonds is 7. The van der Waals surface area contributed by atoms with Gasteiger partial charge in [0, 0.05) is 33.4 Å². The molecule has 1 aromatic rings. The Morgan fingerprint density at radius 2 is 2.12 bits per heavy atom. The summed E-state index contributed by atoms with van der Waals surface area (Å²) >= 11 is 0. The zero-order chi connectivity index (χ0) is 16.9. The third kappa shape index (κ3) is 3.87. The van der Waals surface area contributed by atoms with Gasteiger partial charge in [0.2, 0.25) is 5.91 Å². The van der Waals surface area contributed by atoms with Crippen LogP contribution in [0.15, 0.2) is 30.3 Å². The maximum absolute atomic E-state index is 12.4. The molecule has 24 heavy (non-hydrogen) atoms. The molecule has 2 aliphatic heterocycles. The van der Waals surface area contributed by atoms with E-state index in [2.05, 4.69) is 45.1 Å². The van der Waals surface area contributed by atoms with Gasteiger partial charge in [-0.25, -0.2) is 5.43 Å². The first-order chi connectivity index (χ1) is 11.7. The quantitative estimate of drug-likeness (QED) is 0.609. The smallest absolute Gasteiger partial charge is 0.229 e. The Bertz CT molecular complexity index is 541. The molecule has 0 spiro atoms. The number of para-hydroxylation sites is 1. The van der Waals surface area contributed by atoms with E-state index in [4.69, 9.17) is 4.74 Å². The number of nitrogens with one attached hydrogen (secondary N) is 3. The molecule has 3 atom stereocenters. The van der Waals surface area contributed by atoms with Crippen LogP contribution in [0.5, 0.6) is 0 Å².